The lowest BCUT2D eigenvalue weighted by molar-refractivity contribution is -0.120. The molecule has 0 fully saturated rings. The van der Waals surface area contributed by atoms with Crippen molar-refractivity contribution in [2.75, 3.05) is 13.2 Å². The number of nitrogens with one attached hydrogen (secondary N) is 1. The van der Waals surface area contributed by atoms with Crippen molar-refractivity contribution in [2.45, 2.75) is 12.5 Å². The maximum atomic E-state index is 11.3. The van der Waals surface area contributed by atoms with Gasteiger partial charge in [0.1, 0.15) is 5.75 Å². The van der Waals surface area contributed by atoms with E-state index in [1.807, 2.05) is 12.1 Å². The van der Waals surface area contributed by atoms with Gasteiger partial charge in [-0.3, -0.25) is 4.79 Å². The molecule has 5 heteroatoms. The monoisotopic (exact) mass is 240 g/mol. The van der Waals surface area contributed by atoms with E-state index in [2.05, 4.69) is 5.32 Å². The third kappa shape index (κ3) is 2.13. The van der Waals surface area contributed by atoms with Crippen molar-refractivity contribution in [1.29, 1.82) is 0 Å². The van der Waals surface area contributed by atoms with Crippen LogP contribution in [0.25, 0.3) is 0 Å². The molecule has 0 radical (unpaired) electrons. The molecule has 2 rings (SSSR count). The first-order chi connectivity index (χ1) is 7.72. The Balaban J connectivity index is 2.26. The molecule has 1 aromatic rings. The molecule has 1 aliphatic rings. The summed E-state index contributed by atoms with van der Waals surface area (Å²) in [5.74, 6) is 0.496. The van der Waals surface area contributed by atoms with Crippen LogP contribution in [0.5, 0.6) is 5.75 Å². The number of carbonyl (C=O) groups is 1. The van der Waals surface area contributed by atoms with Crippen molar-refractivity contribution in [1.82, 2.24) is 5.32 Å². The van der Waals surface area contributed by atoms with Crippen molar-refractivity contribution in [3.05, 3.63) is 28.8 Å². The third-order valence-corrected chi connectivity index (χ3v) is 2.84. The molecule has 3 N–H and O–H groups in total. The number of nitrogens with two attached hydrogens (primary N) is 1. The first-order valence-corrected chi connectivity index (χ1v) is 5.51. The summed E-state index contributed by atoms with van der Waals surface area (Å²) in [7, 11) is 0. The number of ether oxygens (including phenoxy) is 1. The zero-order valence-electron chi connectivity index (χ0n) is 8.70. The van der Waals surface area contributed by atoms with Crippen LogP contribution < -0.4 is 15.8 Å². The zero-order chi connectivity index (χ0) is 11.5. The smallest absolute Gasteiger partial charge is 0.234 e. The molecular weight excluding hydrogens is 228 g/mol. The number of hydrogen-bond donors (Lipinski definition) is 2. The van der Waals surface area contributed by atoms with Gasteiger partial charge in [0.05, 0.1) is 24.2 Å². The minimum atomic E-state index is -0.169. The van der Waals surface area contributed by atoms with Crippen LogP contribution in [0, 0.1) is 0 Å². The standard InChI is InChI=1S/C11H13ClN2O2/c12-8-3-1-2-7-9(14-10(15)6-13)4-5-16-11(7)8/h1-3,9H,4-6,13H2,(H,14,15). The lowest BCUT2D eigenvalue weighted by atomic mass is 10.0. The van der Waals surface area contributed by atoms with Crippen molar-refractivity contribution in [3.8, 4) is 5.75 Å². The molecule has 1 aliphatic heterocycles. The molecule has 0 bridgehead atoms. The fraction of sp³-hybridized carbons (Fsp3) is 0.364. The van der Waals surface area contributed by atoms with Crippen LogP contribution in [0.4, 0.5) is 0 Å². The Kier molecular flexibility index (Phi) is 3.31. The number of fused-ring (bicyclic) bond motifs is 1. The normalized spacial score (nSPS) is 18.5. The van der Waals surface area contributed by atoms with Crippen LogP contribution in [0.3, 0.4) is 0 Å². The summed E-state index contributed by atoms with van der Waals surface area (Å²) in [4.78, 5) is 11.3. The summed E-state index contributed by atoms with van der Waals surface area (Å²) in [6.07, 6.45) is 0.735. The molecule has 0 saturated heterocycles. The molecule has 1 unspecified atom stereocenters. The summed E-state index contributed by atoms with van der Waals surface area (Å²) in [5.41, 5.74) is 6.19. The van der Waals surface area contributed by atoms with Crippen molar-refractivity contribution in [3.63, 3.8) is 0 Å². The molecule has 1 amide bonds. The highest BCUT2D eigenvalue weighted by Crippen LogP contribution is 2.37. The number of para-hydroxylation sites is 1. The predicted molar refractivity (Wildman–Crippen MR) is 61.5 cm³/mol. The summed E-state index contributed by atoms with van der Waals surface area (Å²) in [5, 5.41) is 3.42. The lowest BCUT2D eigenvalue weighted by Gasteiger charge is -2.27. The zero-order valence-corrected chi connectivity index (χ0v) is 9.46. The second-order valence-electron chi connectivity index (χ2n) is 3.62. The molecule has 86 valence electrons. The van der Waals surface area contributed by atoms with Gasteiger partial charge >= 0.3 is 0 Å². The SMILES string of the molecule is NCC(=O)NC1CCOc2c(Cl)cccc21. The van der Waals surface area contributed by atoms with Gasteiger partial charge in [0.25, 0.3) is 0 Å². The largest absolute Gasteiger partial charge is 0.492 e. The minimum Gasteiger partial charge on any atom is -0.492 e. The number of benzene rings is 1. The van der Waals surface area contributed by atoms with E-state index in [0.29, 0.717) is 17.4 Å². The number of carbonyl (C=O) groups excluding carboxylic acids is 1. The number of amides is 1. The van der Waals surface area contributed by atoms with Crippen LogP contribution in [0.2, 0.25) is 5.02 Å². The van der Waals surface area contributed by atoms with Crippen molar-refractivity contribution >= 4 is 17.5 Å². The molecular formula is C11H13ClN2O2. The summed E-state index contributed by atoms with van der Waals surface area (Å²) < 4.78 is 5.49. The van der Waals surface area contributed by atoms with Gasteiger partial charge in [-0.2, -0.15) is 0 Å². The fourth-order valence-corrected chi connectivity index (χ4v) is 2.03. The number of rotatable bonds is 2. The lowest BCUT2D eigenvalue weighted by Crippen LogP contribution is -2.36. The molecule has 16 heavy (non-hydrogen) atoms. The van der Waals surface area contributed by atoms with E-state index in [4.69, 9.17) is 22.1 Å². The minimum absolute atomic E-state index is 0.00669. The molecule has 0 aromatic heterocycles. The van der Waals surface area contributed by atoms with Gasteiger partial charge in [0.15, 0.2) is 0 Å². The van der Waals surface area contributed by atoms with Crippen molar-refractivity contribution < 1.29 is 9.53 Å². The Labute approximate surface area is 98.7 Å². The van der Waals surface area contributed by atoms with E-state index in [-0.39, 0.29) is 18.5 Å². The molecule has 0 aliphatic carbocycles. The van der Waals surface area contributed by atoms with E-state index >= 15 is 0 Å². The van der Waals surface area contributed by atoms with Gasteiger partial charge in [-0.1, -0.05) is 23.7 Å². The Bertz CT molecular complexity index is 409. The average molecular weight is 241 g/mol. The van der Waals surface area contributed by atoms with Gasteiger partial charge in [-0.05, 0) is 6.07 Å². The number of halogens is 1. The Morgan fingerprint density at radius 1 is 1.62 bits per heavy atom. The first-order valence-electron chi connectivity index (χ1n) is 5.13. The van der Waals surface area contributed by atoms with Gasteiger partial charge in [0, 0.05) is 12.0 Å². The Morgan fingerprint density at radius 3 is 3.19 bits per heavy atom. The van der Waals surface area contributed by atoms with Gasteiger partial charge in [-0.25, -0.2) is 0 Å². The topological polar surface area (TPSA) is 64.4 Å². The highest BCUT2D eigenvalue weighted by molar-refractivity contribution is 6.32. The summed E-state index contributed by atoms with van der Waals surface area (Å²) >= 11 is 6.02. The van der Waals surface area contributed by atoms with Crippen LogP contribution in [-0.2, 0) is 4.79 Å². The molecule has 1 heterocycles. The Hall–Kier alpha value is -1.26. The van der Waals surface area contributed by atoms with Gasteiger partial charge < -0.3 is 15.8 Å². The molecule has 0 spiro atoms. The van der Waals surface area contributed by atoms with Crippen molar-refractivity contribution in [2.24, 2.45) is 5.73 Å². The average Bonchev–Trinajstić information content (AvgIpc) is 2.30. The van der Waals surface area contributed by atoms with Gasteiger partial charge in [-0.15, -0.1) is 0 Å². The fourth-order valence-electron chi connectivity index (χ4n) is 1.79. The van der Waals surface area contributed by atoms with Crippen LogP contribution in [0.1, 0.15) is 18.0 Å². The van der Waals surface area contributed by atoms with E-state index in [1.54, 1.807) is 6.07 Å². The first kappa shape index (κ1) is 11.2. The molecule has 1 aromatic carbocycles. The highest BCUT2D eigenvalue weighted by Gasteiger charge is 2.24. The molecule has 0 saturated carbocycles. The van der Waals surface area contributed by atoms with E-state index in [1.165, 1.54) is 0 Å². The maximum Gasteiger partial charge on any atom is 0.234 e. The number of hydrogen-bond acceptors (Lipinski definition) is 3. The van der Waals surface area contributed by atoms with E-state index in [9.17, 15) is 4.79 Å². The maximum absolute atomic E-state index is 11.3. The van der Waals surface area contributed by atoms with E-state index in [0.717, 1.165) is 12.0 Å². The second-order valence-corrected chi connectivity index (χ2v) is 4.03. The predicted octanol–water partition coefficient (Wildman–Crippen LogP) is 1.24. The van der Waals surface area contributed by atoms with Crippen LogP contribution in [-0.4, -0.2) is 19.1 Å². The summed E-state index contributed by atoms with van der Waals surface area (Å²) in [6.45, 7) is 0.541. The Morgan fingerprint density at radius 2 is 2.44 bits per heavy atom. The summed E-state index contributed by atoms with van der Waals surface area (Å²) in [6, 6.07) is 5.46. The van der Waals surface area contributed by atoms with Crippen LogP contribution in [0.15, 0.2) is 18.2 Å². The van der Waals surface area contributed by atoms with Gasteiger partial charge in [0.2, 0.25) is 5.91 Å². The van der Waals surface area contributed by atoms with Crippen LogP contribution >= 0.6 is 11.6 Å². The second kappa shape index (κ2) is 4.72. The molecule has 1 atom stereocenters. The van der Waals surface area contributed by atoms with E-state index < -0.39 is 0 Å². The highest BCUT2D eigenvalue weighted by atomic mass is 35.5. The third-order valence-electron chi connectivity index (χ3n) is 2.55. The quantitative estimate of drug-likeness (QED) is 0.818. The molecule has 4 nitrogen and oxygen atoms in total.